The molecule has 2 aromatic rings. The number of rotatable bonds is 2. The van der Waals surface area contributed by atoms with Crippen LogP contribution in [0.25, 0.3) is 0 Å². The maximum Gasteiger partial charge on any atom is 0.252 e. The second kappa shape index (κ2) is 5.20. The van der Waals surface area contributed by atoms with Crippen LogP contribution in [0, 0.1) is 0 Å². The summed E-state index contributed by atoms with van der Waals surface area (Å²) in [5.74, 6) is 0. The maximum absolute atomic E-state index is 12.6. The number of nitrogens with zero attached hydrogens (tertiary/aromatic N) is 1. The van der Waals surface area contributed by atoms with Crippen LogP contribution in [0.1, 0.15) is 17.5 Å². The molecule has 6 heteroatoms. The van der Waals surface area contributed by atoms with Crippen LogP contribution in [0.15, 0.2) is 39.9 Å². The van der Waals surface area contributed by atoms with Gasteiger partial charge in [-0.2, -0.15) is 4.31 Å². The van der Waals surface area contributed by atoms with Crippen LogP contribution in [-0.4, -0.2) is 19.3 Å². The molecule has 1 aromatic carbocycles. The number of sulfonamides is 1. The zero-order chi connectivity index (χ0) is 14.2. The van der Waals surface area contributed by atoms with Gasteiger partial charge >= 0.3 is 0 Å². The largest absolute Gasteiger partial charge is 0.398 e. The number of anilines is 1. The molecule has 0 spiro atoms. The molecule has 0 saturated carbocycles. The lowest BCUT2D eigenvalue weighted by atomic mass is 10.0. The highest BCUT2D eigenvalue weighted by molar-refractivity contribution is 7.91. The lowest BCUT2D eigenvalue weighted by Crippen LogP contribution is -2.30. The van der Waals surface area contributed by atoms with Gasteiger partial charge < -0.3 is 5.73 Å². The zero-order valence-corrected chi connectivity index (χ0v) is 12.6. The Bertz CT molecular complexity index is 722. The Morgan fingerprint density at radius 2 is 1.95 bits per heavy atom. The topological polar surface area (TPSA) is 63.4 Å². The maximum atomic E-state index is 12.6. The molecular weight excluding hydrogens is 292 g/mol. The summed E-state index contributed by atoms with van der Waals surface area (Å²) in [6.07, 6.45) is 1.77. The van der Waals surface area contributed by atoms with E-state index in [-0.39, 0.29) is 0 Å². The molecule has 106 valence electrons. The number of hydrogen-bond donors (Lipinski definition) is 1. The van der Waals surface area contributed by atoms with E-state index in [2.05, 4.69) is 6.07 Å². The Balaban J connectivity index is 1.95. The van der Waals surface area contributed by atoms with Crippen LogP contribution in [0.4, 0.5) is 5.69 Å². The van der Waals surface area contributed by atoms with Crippen LogP contribution in [0.2, 0.25) is 0 Å². The summed E-state index contributed by atoms with van der Waals surface area (Å²) >= 11 is 1.18. The molecule has 0 saturated heterocycles. The predicted octanol–water partition coefficient (Wildman–Crippen LogP) is 2.47. The van der Waals surface area contributed by atoms with Gasteiger partial charge in [-0.15, -0.1) is 11.3 Å². The van der Waals surface area contributed by atoms with E-state index in [4.69, 9.17) is 5.73 Å². The molecule has 2 heterocycles. The Hall–Kier alpha value is -1.37. The van der Waals surface area contributed by atoms with Gasteiger partial charge in [-0.25, -0.2) is 8.42 Å². The van der Waals surface area contributed by atoms with Gasteiger partial charge in [0.1, 0.15) is 4.21 Å². The monoisotopic (exact) mass is 308 g/mol. The molecule has 3 rings (SSSR count). The summed E-state index contributed by atoms with van der Waals surface area (Å²) in [5, 5.41) is 1.67. The highest BCUT2D eigenvalue weighted by Crippen LogP contribution is 2.28. The van der Waals surface area contributed by atoms with E-state index < -0.39 is 10.0 Å². The Morgan fingerprint density at radius 3 is 2.65 bits per heavy atom. The average Bonchev–Trinajstić information content (AvgIpc) is 2.75. The predicted molar refractivity (Wildman–Crippen MR) is 81.1 cm³/mol. The molecule has 1 aliphatic rings. The Labute approximate surface area is 122 Å². The molecule has 4 nitrogen and oxygen atoms in total. The minimum absolute atomic E-state index is 0.328. The van der Waals surface area contributed by atoms with Gasteiger partial charge in [-0.05, 0) is 30.0 Å². The summed E-state index contributed by atoms with van der Waals surface area (Å²) in [7, 11) is -3.44. The number of nitrogens with two attached hydrogens (primary N) is 1. The smallest absolute Gasteiger partial charge is 0.252 e. The summed E-state index contributed by atoms with van der Waals surface area (Å²) in [5.41, 5.74) is 8.48. The molecule has 0 unspecified atom stereocenters. The number of fused-ring (bicyclic) bond motifs is 1. The van der Waals surface area contributed by atoms with Crippen molar-refractivity contribution in [2.75, 3.05) is 12.3 Å². The lowest BCUT2D eigenvalue weighted by Gasteiger charge is -2.19. The molecular formula is C14H16N2O2S2. The highest BCUT2D eigenvalue weighted by Gasteiger charge is 2.28. The highest BCUT2D eigenvalue weighted by atomic mass is 32.2. The van der Waals surface area contributed by atoms with Crippen LogP contribution in [0.5, 0.6) is 0 Å². The van der Waals surface area contributed by atoms with Crippen molar-refractivity contribution in [3.8, 4) is 0 Å². The molecule has 0 atom stereocenters. The Kier molecular flexibility index (Phi) is 3.54. The van der Waals surface area contributed by atoms with Gasteiger partial charge in [0.05, 0.1) is 0 Å². The van der Waals surface area contributed by atoms with Crippen LogP contribution >= 0.6 is 11.3 Å². The normalized spacial score (nSPS) is 16.6. The third-order valence-electron chi connectivity index (χ3n) is 3.51. The zero-order valence-electron chi connectivity index (χ0n) is 11.0. The van der Waals surface area contributed by atoms with Gasteiger partial charge in [0.2, 0.25) is 0 Å². The fourth-order valence-electron chi connectivity index (χ4n) is 2.47. The molecule has 0 bridgehead atoms. The third kappa shape index (κ3) is 2.46. The number of benzene rings is 1. The fourth-order valence-corrected chi connectivity index (χ4v) is 5.16. The number of nitrogen functional groups attached to an aromatic ring is 1. The molecule has 1 aromatic heterocycles. The minimum atomic E-state index is -3.44. The van der Waals surface area contributed by atoms with E-state index in [0.717, 1.165) is 18.4 Å². The van der Waals surface area contributed by atoms with Crippen molar-refractivity contribution in [1.29, 1.82) is 0 Å². The van der Waals surface area contributed by atoms with Gasteiger partial charge in [-0.1, -0.05) is 24.3 Å². The molecule has 2 N–H and O–H groups in total. The van der Waals surface area contributed by atoms with Gasteiger partial charge in [0.15, 0.2) is 0 Å². The van der Waals surface area contributed by atoms with Crippen LogP contribution in [0.3, 0.4) is 0 Å². The van der Waals surface area contributed by atoms with Crippen LogP contribution < -0.4 is 5.73 Å². The van der Waals surface area contributed by atoms with E-state index in [1.165, 1.54) is 23.0 Å². The van der Waals surface area contributed by atoms with Crippen molar-refractivity contribution in [1.82, 2.24) is 4.31 Å². The van der Waals surface area contributed by atoms with E-state index in [9.17, 15) is 8.42 Å². The molecule has 0 radical (unpaired) electrons. The van der Waals surface area contributed by atoms with Crippen molar-refractivity contribution in [2.24, 2.45) is 0 Å². The van der Waals surface area contributed by atoms with Gasteiger partial charge in [-0.3, -0.25) is 0 Å². The SMILES string of the molecule is Nc1csc(S(=O)(=O)N2CCCc3ccccc3C2)c1. The fraction of sp³-hybridized carbons (Fsp3) is 0.286. The summed E-state index contributed by atoms with van der Waals surface area (Å²) in [6.45, 7) is 0.991. The first-order chi connectivity index (χ1) is 9.57. The molecule has 1 aliphatic heterocycles. The van der Waals surface area contributed by atoms with E-state index in [1.54, 1.807) is 9.69 Å². The number of hydrogen-bond acceptors (Lipinski definition) is 4. The minimum Gasteiger partial charge on any atom is -0.398 e. The van der Waals surface area contributed by atoms with Crippen molar-refractivity contribution < 1.29 is 8.42 Å². The molecule has 0 fully saturated rings. The molecule has 20 heavy (non-hydrogen) atoms. The lowest BCUT2D eigenvalue weighted by molar-refractivity contribution is 0.411. The van der Waals surface area contributed by atoms with Gasteiger partial charge in [0.25, 0.3) is 10.0 Å². The second-order valence-corrected chi connectivity index (χ2v) is 7.99. The van der Waals surface area contributed by atoms with Crippen molar-refractivity contribution in [3.05, 3.63) is 46.8 Å². The third-order valence-corrected chi connectivity index (χ3v) is 6.79. The van der Waals surface area contributed by atoms with E-state index in [1.807, 2.05) is 18.2 Å². The first-order valence-electron chi connectivity index (χ1n) is 6.48. The van der Waals surface area contributed by atoms with Crippen LogP contribution in [-0.2, 0) is 23.0 Å². The van der Waals surface area contributed by atoms with E-state index >= 15 is 0 Å². The summed E-state index contributed by atoms with van der Waals surface area (Å²) in [4.78, 5) is 0. The molecule has 0 amide bonds. The first kappa shape index (κ1) is 13.6. The van der Waals surface area contributed by atoms with Gasteiger partial charge in [0, 0.05) is 24.2 Å². The average molecular weight is 308 g/mol. The van der Waals surface area contributed by atoms with E-state index in [0.29, 0.717) is 23.0 Å². The van der Waals surface area contributed by atoms with Crippen molar-refractivity contribution in [3.63, 3.8) is 0 Å². The standard InChI is InChI=1S/C14H16N2O2S2/c15-13-8-14(19-10-13)20(17,18)16-7-3-6-11-4-1-2-5-12(11)9-16/h1-2,4-5,8,10H,3,6-7,9,15H2. The number of thiophene rings is 1. The van der Waals surface area contributed by atoms with Crippen molar-refractivity contribution in [2.45, 2.75) is 23.6 Å². The quantitative estimate of drug-likeness (QED) is 0.927. The second-order valence-electron chi connectivity index (χ2n) is 4.91. The first-order valence-corrected chi connectivity index (χ1v) is 8.80. The Morgan fingerprint density at radius 1 is 1.20 bits per heavy atom. The summed E-state index contributed by atoms with van der Waals surface area (Å²) in [6, 6.07) is 9.58. The number of aryl methyl sites for hydroxylation is 1. The molecule has 0 aliphatic carbocycles. The van der Waals surface area contributed by atoms with Crippen molar-refractivity contribution >= 4 is 27.0 Å². The summed E-state index contributed by atoms with van der Waals surface area (Å²) < 4.78 is 27.2.